The van der Waals surface area contributed by atoms with Crippen molar-refractivity contribution in [1.82, 2.24) is 10.1 Å². The Kier molecular flexibility index (Phi) is 4.17. The first-order valence-corrected chi connectivity index (χ1v) is 6.39. The molecule has 2 aromatic rings. The Hall–Kier alpha value is -1.46. The molecule has 0 amide bonds. The number of benzene rings is 1. The van der Waals surface area contributed by atoms with E-state index in [-0.39, 0.29) is 11.1 Å². The Morgan fingerprint density at radius 1 is 1.42 bits per heavy atom. The van der Waals surface area contributed by atoms with E-state index in [1.54, 1.807) is 0 Å². The molecule has 0 saturated heterocycles. The standard InChI is InChI=1S/C13H15ClFN3O/c1-7(2)5-11(16)13-17-12(18-19-13)9-4-3-8(15)6-10(9)14/h3-4,6-7,11H,5,16H2,1-2H3. The molecule has 19 heavy (non-hydrogen) atoms. The zero-order chi connectivity index (χ0) is 14.0. The number of halogens is 2. The molecule has 2 N–H and O–H groups in total. The van der Waals surface area contributed by atoms with Gasteiger partial charge in [-0.1, -0.05) is 30.6 Å². The van der Waals surface area contributed by atoms with Crippen LogP contribution in [0, 0.1) is 11.7 Å². The van der Waals surface area contributed by atoms with E-state index in [1.165, 1.54) is 18.2 Å². The van der Waals surface area contributed by atoms with E-state index < -0.39 is 5.82 Å². The average molecular weight is 284 g/mol. The zero-order valence-corrected chi connectivity index (χ0v) is 11.5. The summed E-state index contributed by atoms with van der Waals surface area (Å²) in [5.41, 5.74) is 6.48. The van der Waals surface area contributed by atoms with Crippen molar-refractivity contribution in [2.45, 2.75) is 26.3 Å². The van der Waals surface area contributed by atoms with Gasteiger partial charge in [-0.2, -0.15) is 4.98 Å². The quantitative estimate of drug-likeness (QED) is 0.931. The van der Waals surface area contributed by atoms with Gasteiger partial charge in [0.15, 0.2) is 0 Å². The van der Waals surface area contributed by atoms with E-state index in [0.717, 1.165) is 6.42 Å². The smallest absolute Gasteiger partial charge is 0.243 e. The molecule has 1 aromatic heterocycles. The summed E-state index contributed by atoms with van der Waals surface area (Å²) >= 11 is 5.94. The van der Waals surface area contributed by atoms with Crippen molar-refractivity contribution in [2.75, 3.05) is 0 Å². The number of aromatic nitrogens is 2. The molecule has 2 rings (SSSR count). The molecule has 0 radical (unpaired) electrons. The monoisotopic (exact) mass is 283 g/mol. The highest BCUT2D eigenvalue weighted by Gasteiger charge is 2.18. The van der Waals surface area contributed by atoms with Gasteiger partial charge in [0.25, 0.3) is 0 Å². The molecule has 0 spiro atoms. The summed E-state index contributed by atoms with van der Waals surface area (Å²) in [7, 11) is 0. The first-order valence-electron chi connectivity index (χ1n) is 6.02. The molecule has 0 fully saturated rings. The van der Waals surface area contributed by atoms with Crippen LogP contribution in [0.3, 0.4) is 0 Å². The molecule has 0 aliphatic heterocycles. The predicted octanol–water partition coefficient (Wildman–Crippen LogP) is 3.58. The van der Waals surface area contributed by atoms with Crippen LogP contribution in [0.5, 0.6) is 0 Å². The van der Waals surface area contributed by atoms with E-state index in [1.807, 2.05) is 0 Å². The van der Waals surface area contributed by atoms with Crippen LogP contribution in [0.1, 0.15) is 32.2 Å². The third kappa shape index (κ3) is 3.30. The maximum Gasteiger partial charge on any atom is 0.243 e. The Morgan fingerprint density at radius 3 is 2.79 bits per heavy atom. The molecule has 1 aromatic carbocycles. The summed E-state index contributed by atoms with van der Waals surface area (Å²) < 4.78 is 18.1. The largest absolute Gasteiger partial charge is 0.337 e. The highest BCUT2D eigenvalue weighted by atomic mass is 35.5. The van der Waals surface area contributed by atoms with Crippen LogP contribution in [0.15, 0.2) is 22.7 Å². The van der Waals surface area contributed by atoms with Crippen molar-refractivity contribution < 1.29 is 8.91 Å². The van der Waals surface area contributed by atoms with E-state index in [2.05, 4.69) is 24.0 Å². The van der Waals surface area contributed by atoms with Crippen LogP contribution in [0.2, 0.25) is 5.02 Å². The van der Waals surface area contributed by atoms with Gasteiger partial charge in [-0.3, -0.25) is 0 Å². The van der Waals surface area contributed by atoms with Crippen LogP contribution in [-0.4, -0.2) is 10.1 Å². The molecule has 102 valence electrons. The molecule has 6 heteroatoms. The second-order valence-corrected chi connectivity index (χ2v) is 5.22. The molecule has 0 aliphatic rings. The van der Waals surface area contributed by atoms with Gasteiger partial charge in [0.1, 0.15) is 5.82 Å². The maximum atomic E-state index is 13.0. The van der Waals surface area contributed by atoms with Gasteiger partial charge in [0, 0.05) is 5.56 Å². The lowest BCUT2D eigenvalue weighted by Gasteiger charge is -2.08. The lowest BCUT2D eigenvalue weighted by Crippen LogP contribution is -2.13. The first kappa shape index (κ1) is 14.0. The summed E-state index contributed by atoms with van der Waals surface area (Å²) in [6.07, 6.45) is 0.749. The van der Waals surface area contributed by atoms with Gasteiger partial charge in [-0.25, -0.2) is 4.39 Å². The molecule has 1 atom stereocenters. The number of nitrogens with two attached hydrogens (primary N) is 1. The number of hydrogen-bond donors (Lipinski definition) is 1. The van der Waals surface area contributed by atoms with Crippen molar-refractivity contribution in [3.63, 3.8) is 0 Å². The van der Waals surface area contributed by atoms with Gasteiger partial charge in [-0.15, -0.1) is 0 Å². The molecule has 0 bridgehead atoms. The number of nitrogens with zero attached hydrogens (tertiary/aromatic N) is 2. The lowest BCUT2D eigenvalue weighted by atomic mass is 10.0. The van der Waals surface area contributed by atoms with Gasteiger partial charge in [0.05, 0.1) is 11.1 Å². The fourth-order valence-corrected chi connectivity index (χ4v) is 2.03. The van der Waals surface area contributed by atoms with Crippen molar-refractivity contribution >= 4 is 11.6 Å². The molecule has 0 aliphatic carbocycles. The van der Waals surface area contributed by atoms with E-state index in [4.69, 9.17) is 21.9 Å². The third-order valence-corrected chi connectivity index (χ3v) is 2.97. The molecule has 1 unspecified atom stereocenters. The minimum absolute atomic E-state index is 0.241. The van der Waals surface area contributed by atoms with Crippen molar-refractivity contribution in [3.05, 3.63) is 34.9 Å². The zero-order valence-electron chi connectivity index (χ0n) is 10.7. The van der Waals surface area contributed by atoms with Crippen LogP contribution in [-0.2, 0) is 0 Å². The highest BCUT2D eigenvalue weighted by molar-refractivity contribution is 6.33. The van der Waals surface area contributed by atoms with Crippen molar-refractivity contribution in [1.29, 1.82) is 0 Å². The van der Waals surface area contributed by atoms with Crippen LogP contribution >= 0.6 is 11.6 Å². The second kappa shape index (κ2) is 5.67. The van der Waals surface area contributed by atoms with Gasteiger partial charge < -0.3 is 10.3 Å². The Morgan fingerprint density at radius 2 is 2.16 bits per heavy atom. The summed E-state index contributed by atoms with van der Waals surface area (Å²) in [6, 6.07) is 3.72. The minimum Gasteiger partial charge on any atom is -0.337 e. The molecule has 1 heterocycles. The molecular weight excluding hydrogens is 269 g/mol. The van der Waals surface area contributed by atoms with Crippen molar-refractivity contribution in [2.24, 2.45) is 11.7 Å². The highest BCUT2D eigenvalue weighted by Crippen LogP contribution is 2.27. The Bertz CT molecular complexity index is 571. The lowest BCUT2D eigenvalue weighted by molar-refractivity contribution is 0.335. The van der Waals surface area contributed by atoms with Crippen LogP contribution in [0.4, 0.5) is 4.39 Å². The SMILES string of the molecule is CC(C)CC(N)c1nc(-c2ccc(F)cc2Cl)no1. The van der Waals surface area contributed by atoms with Crippen molar-refractivity contribution in [3.8, 4) is 11.4 Å². The van der Waals surface area contributed by atoms with Gasteiger partial charge >= 0.3 is 0 Å². The topological polar surface area (TPSA) is 64.9 Å². The Labute approximate surface area is 115 Å². The van der Waals surface area contributed by atoms with E-state index >= 15 is 0 Å². The minimum atomic E-state index is -0.408. The molecule has 4 nitrogen and oxygen atoms in total. The van der Waals surface area contributed by atoms with Crippen LogP contribution < -0.4 is 5.73 Å². The second-order valence-electron chi connectivity index (χ2n) is 4.82. The molecular formula is C13H15ClFN3O. The average Bonchev–Trinajstić information content (AvgIpc) is 2.77. The first-order chi connectivity index (χ1) is 8.97. The Balaban J connectivity index is 2.25. The van der Waals surface area contributed by atoms with E-state index in [0.29, 0.717) is 23.2 Å². The van der Waals surface area contributed by atoms with E-state index in [9.17, 15) is 4.39 Å². The number of rotatable bonds is 4. The van der Waals surface area contributed by atoms with Crippen LogP contribution in [0.25, 0.3) is 11.4 Å². The third-order valence-electron chi connectivity index (χ3n) is 2.66. The normalized spacial score (nSPS) is 12.9. The summed E-state index contributed by atoms with van der Waals surface area (Å²) in [5, 5.41) is 4.07. The summed E-state index contributed by atoms with van der Waals surface area (Å²) in [5.74, 6) is 0.706. The summed E-state index contributed by atoms with van der Waals surface area (Å²) in [4.78, 5) is 4.21. The summed E-state index contributed by atoms with van der Waals surface area (Å²) in [6.45, 7) is 4.13. The number of hydrogen-bond acceptors (Lipinski definition) is 4. The molecule has 0 saturated carbocycles. The fourth-order valence-electron chi connectivity index (χ4n) is 1.77. The van der Waals surface area contributed by atoms with Gasteiger partial charge in [0.2, 0.25) is 11.7 Å². The maximum absolute atomic E-state index is 13.0. The van der Waals surface area contributed by atoms with Gasteiger partial charge in [-0.05, 0) is 30.5 Å². The predicted molar refractivity (Wildman–Crippen MR) is 71.1 cm³/mol. The fraction of sp³-hybridized carbons (Fsp3) is 0.385.